The molecule has 0 radical (unpaired) electrons. The van der Waals surface area contributed by atoms with Gasteiger partial charge in [0.25, 0.3) is 0 Å². The highest BCUT2D eigenvalue weighted by molar-refractivity contribution is 5.79. The van der Waals surface area contributed by atoms with Gasteiger partial charge in [0.05, 0.1) is 4.92 Å². The number of carboxylic acid groups (broad SMARTS) is 1. The summed E-state index contributed by atoms with van der Waals surface area (Å²) in [6.07, 6.45) is 2.19. The molecule has 90 valence electrons. The van der Waals surface area contributed by atoms with Gasteiger partial charge in [-0.25, -0.2) is 4.79 Å². The number of ether oxygens (including phenoxy) is 1. The van der Waals surface area contributed by atoms with Gasteiger partial charge < -0.3 is 9.84 Å². The lowest BCUT2D eigenvalue weighted by atomic mass is 10.2. The second-order valence-electron chi connectivity index (χ2n) is 3.28. The number of aryl methyl sites for hydroxylation is 1. The Morgan fingerprint density at radius 2 is 2.29 bits per heavy atom. The third kappa shape index (κ3) is 3.94. The van der Waals surface area contributed by atoms with Crippen LogP contribution in [-0.2, 0) is 4.79 Å². The van der Waals surface area contributed by atoms with Crippen LogP contribution >= 0.6 is 0 Å². The van der Waals surface area contributed by atoms with Gasteiger partial charge in [-0.2, -0.15) is 0 Å². The lowest BCUT2D eigenvalue weighted by Gasteiger charge is -2.04. The quantitative estimate of drug-likeness (QED) is 0.480. The lowest BCUT2D eigenvalue weighted by Crippen LogP contribution is -1.99. The van der Waals surface area contributed by atoms with E-state index in [1.165, 1.54) is 18.2 Å². The first-order chi connectivity index (χ1) is 8.00. The molecule has 6 heteroatoms. The van der Waals surface area contributed by atoms with E-state index in [9.17, 15) is 14.9 Å². The van der Waals surface area contributed by atoms with Gasteiger partial charge in [-0.1, -0.05) is 6.07 Å². The molecule has 1 aromatic rings. The molecule has 0 saturated carbocycles. The Hall–Kier alpha value is -2.37. The molecular weight excluding hydrogens is 226 g/mol. The Balaban J connectivity index is 2.78. The van der Waals surface area contributed by atoms with Crippen LogP contribution in [0.15, 0.2) is 30.4 Å². The van der Waals surface area contributed by atoms with Crippen LogP contribution in [0, 0.1) is 17.0 Å². The SMILES string of the molecule is Cc1ccc([N+](=O)[O-])c(OC/C=C/C(=O)O)c1. The smallest absolute Gasteiger partial charge is 0.328 e. The number of rotatable bonds is 5. The zero-order valence-electron chi connectivity index (χ0n) is 9.12. The fraction of sp³-hybridized carbons (Fsp3) is 0.182. The predicted octanol–water partition coefficient (Wildman–Crippen LogP) is 1.92. The number of hydrogen-bond donors (Lipinski definition) is 1. The van der Waals surface area contributed by atoms with Crippen LogP contribution < -0.4 is 4.74 Å². The summed E-state index contributed by atoms with van der Waals surface area (Å²) < 4.78 is 5.14. The Kier molecular flexibility index (Phi) is 4.21. The van der Waals surface area contributed by atoms with Gasteiger partial charge >= 0.3 is 11.7 Å². The fourth-order valence-corrected chi connectivity index (χ4v) is 1.17. The second kappa shape index (κ2) is 5.64. The molecule has 1 N–H and O–H groups in total. The van der Waals surface area contributed by atoms with Gasteiger partial charge in [0.1, 0.15) is 6.61 Å². The zero-order chi connectivity index (χ0) is 12.8. The number of carbonyl (C=O) groups is 1. The minimum Gasteiger partial charge on any atom is -0.483 e. The molecule has 0 saturated heterocycles. The maximum atomic E-state index is 10.7. The maximum absolute atomic E-state index is 10.7. The van der Waals surface area contributed by atoms with Crippen molar-refractivity contribution in [3.05, 3.63) is 46.0 Å². The first-order valence-corrected chi connectivity index (χ1v) is 4.78. The van der Waals surface area contributed by atoms with E-state index in [0.29, 0.717) is 0 Å². The van der Waals surface area contributed by atoms with E-state index in [1.807, 2.05) is 0 Å². The van der Waals surface area contributed by atoms with Crippen molar-refractivity contribution in [2.24, 2.45) is 0 Å². The largest absolute Gasteiger partial charge is 0.483 e. The third-order valence-corrected chi connectivity index (χ3v) is 1.91. The van der Waals surface area contributed by atoms with E-state index in [0.717, 1.165) is 11.6 Å². The van der Waals surface area contributed by atoms with E-state index in [1.54, 1.807) is 13.0 Å². The molecule has 0 heterocycles. The molecule has 0 bridgehead atoms. The van der Waals surface area contributed by atoms with Crippen molar-refractivity contribution < 1.29 is 19.6 Å². The van der Waals surface area contributed by atoms with Crippen molar-refractivity contribution in [3.8, 4) is 5.75 Å². The maximum Gasteiger partial charge on any atom is 0.328 e. The minimum atomic E-state index is -1.09. The number of nitro groups is 1. The van der Waals surface area contributed by atoms with Crippen LogP contribution in [-0.4, -0.2) is 22.6 Å². The summed E-state index contributed by atoms with van der Waals surface area (Å²) in [6.45, 7) is 1.75. The zero-order valence-corrected chi connectivity index (χ0v) is 9.12. The van der Waals surface area contributed by atoms with Crippen LogP contribution in [0.5, 0.6) is 5.75 Å². The Labute approximate surface area is 97.3 Å². The van der Waals surface area contributed by atoms with Crippen molar-refractivity contribution in [1.82, 2.24) is 0 Å². The van der Waals surface area contributed by atoms with Crippen molar-refractivity contribution >= 4 is 11.7 Å². The highest BCUT2D eigenvalue weighted by Crippen LogP contribution is 2.27. The van der Waals surface area contributed by atoms with Gasteiger partial charge in [-0.15, -0.1) is 0 Å². The Morgan fingerprint density at radius 3 is 2.88 bits per heavy atom. The molecule has 0 amide bonds. The Morgan fingerprint density at radius 1 is 1.59 bits per heavy atom. The molecule has 17 heavy (non-hydrogen) atoms. The second-order valence-corrected chi connectivity index (χ2v) is 3.28. The topological polar surface area (TPSA) is 89.7 Å². The van der Waals surface area contributed by atoms with Gasteiger partial charge in [0.2, 0.25) is 0 Å². The average molecular weight is 237 g/mol. The molecule has 1 rings (SSSR count). The van der Waals surface area contributed by atoms with Crippen molar-refractivity contribution in [2.75, 3.05) is 6.61 Å². The molecule has 0 spiro atoms. The summed E-state index contributed by atoms with van der Waals surface area (Å²) in [5.74, 6) is -0.961. The summed E-state index contributed by atoms with van der Waals surface area (Å²) in [5, 5.41) is 19.0. The fourth-order valence-electron chi connectivity index (χ4n) is 1.17. The van der Waals surface area contributed by atoms with E-state index < -0.39 is 10.9 Å². The van der Waals surface area contributed by atoms with E-state index >= 15 is 0 Å². The van der Waals surface area contributed by atoms with Crippen LogP contribution in [0.4, 0.5) is 5.69 Å². The minimum absolute atomic E-state index is 0.0312. The van der Waals surface area contributed by atoms with Crippen molar-refractivity contribution in [3.63, 3.8) is 0 Å². The predicted molar refractivity (Wildman–Crippen MR) is 60.1 cm³/mol. The van der Waals surface area contributed by atoms with Crippen molar-refractivity contribution in [1.29, 1.82) is 0 Å². The van der Waals surface area contributed by atoms with E-state index in [2.05, 4.69) is 0 Å². The highest BCUT2D eigenvalue weighted by atomic mass is 16.6. The van der Waals surface area contributed by atoms with Gasteiger partial charge in [-0.3, -0.25) is 10.1 Å². The van der Waals surface area contributed by atoms with Crippen molar-refractivity contribution in [2.45, 2.75) is 6.92 Å². The normalized spacial score (nSPS) is 10.4. The number of hydrogen-bond acceptors (Lipinski definition) is 4. The first-order valence-electron chi connectivity index (χ1n) is 4.78. The molecular formula is C11H11NO5. The van der Waals surface area contributed by atoms with Crippen LogP contribution in [0.2, 0.25) is 0 Å². The summed E-state index contributed by atoms with van der Waals surface area (Å²) >= 11 is 0. The number of nitrogens with zero attached hydrogens (tertiary/aromatic N) is 1. The number of aliphatic carboxylic acids is 1. The summed E-state index contributed by atoms with van der Waals surface area (Å²) in [6, 6.07) is 4.50. The molecule has 1 aromatic carbocycles. The Bertz CT molecular complexity index is 467. The van der Waals surface area contributed by atoms with E-state index in [-0.39, 0.29) is 18.0 Å². The molecule has 6 nitrogen and oxygen atoms in total. The van der Waals surface area contributed by atoms with Crippen LogP contribution in [0.1, 0.15) is 5.56 Å². The van der Waals surface area contributed by atoms with Crippen LogP contribution in [0.25, 0.3) is 0 Å². The lowest BCUT2D eigenvalue weighted by molar-refractivity contribution is -0.385. The summed E-state index contributed by atoms with van der Waals surface area (Å²) in [4.78, 5) is 20.3. The molecule has 0 atom stereocenters. The standard InChI is InChI=1S/C11H11NO5/c1-8-4-5-9(12(15)16)10(7-8)17-6-2-3-11(13)14/h2-5,7H,6H2,1H3,(H,13,14)/b3-2+. The van der Waals surface area contributed by atoms with Crippen LogP contribution in [0.3, 0.4) is 0 Å². The number of carboxylic acids is 1. The van der Waals surface area contributed by atoms with Gasteiger partial charge in [-0.05, 0) is 24.6 Å². The monoisotopic (exact) mass is 237 g/mol. The molecule has 0 aliphatic heterocycles. The van der Waals surface area contributed by atoms with Gasteiger partial charge in [0.15, 0.2) is 5.75 Å². The summed E-state index contributed by atoms with van der Waals surface area (Å²) in [5.41, 5.74) is 0.687. The molecule has 0 aliphatic carbocycles. The molecule has 0 aliphatic rings. The molecule has 0 aromatic heterocycles. The number of nitro benzene ring substituents is 1. The van der Waals surface area contributed by atoms with Gasteiger partial charge in [0, 0.05) is 12.1 Å². The van der Waals surface area contributed by atoms with E-state index in [4.69, 9.17) is 9.84 Å². The first kappa shape index (κ1) is 12.7. The highest BCUT2D eigenvalue weighted by Gasteiger charge is 2.14. The third-order valence-electron chi connectivity index (χ3n) is 1.91. The average Bonchev–Trinajstić information content (AvgIpc) is 2.23. The summed E-state index contributed by atoms with van der Waals surface area (Å²) in [7, 11) is 0. The number of benzene rings is 1. The molecule has 0 fully saturated rings. The molecule has 0 unspecified atom stereocenters.